The molecule has 0 aliphatic heterocycles. The van der Waals surface area contributed by atoms with E-state index in [-0.39, 0.29) is 31.1 Å². The molecular formula is C35H32F12O4. The van der Waals surface area contributed by atoms with Crippen molar-refractivity contribution < 1.29 is 71.6 Å². The van der Waals surface area contributed by atoms with E-state index < -0.39 is 69.6 Å². The first-order valence-electron chi connectivity index (χ1n) is 15.5. The van der Waals surface area contributed by atoms with Crippen molar-refractivity contribution in [2.24, 2.45) is 0 Å². The smallest absolute Gasteiger partial charge is 0.390 e. The summed E-state index contributed by atoms with van der Waals surface area (Å²) < 4.78 is 193. The first-order chi connectivity index (χ1) is 23.4. The van der Waals surface area contributed by atoms with Crippen LogP contribution in [0.15, 0.2) is 78.9 Å². The molecule has 2 saturated carbocycles. The molecule has 0 N–H and O–H groups in total. The lowest BCUT2D eigenvalue weighted by Gasteiger charge is -2.58. The Bertz CT molecular complexity index is 1740. The van der Waals surface area contributed by atoms with E-state index in [4.69, 9.17) is 4.74 Å². The minimum absolute atomic E-state index is 0.131. The van der Waals surface area contributed by atoms with Gasteiger partial charge in [0.15, 0.2) is 0 Å². The summed E-state index contributed by atoms with van der Waals surface area (Å²) in [6.45, 7) is 5.58. The predicted molar refractivity (Wildman–Crippen MR) is 158 cm³/mol. The Labute approximate surface area is 284 Å². The Balaban J connectivity index is 1.48. The highest BCUT2D eigenvalue weighted by Crippen LogP contribution is 2.70. The van der Waals surface area contributed by atoms with Crippen LogP contribution in [0.2, 0.25) is 0 Å². The van der Waals surface area contributed by atoms with Crippen LogP contribution < -0.4 is 9.47 Å². The summed E-state index contributed by atoms with van der Waals surface area (Å²) in [6.07, 6.45) is -0.263. The highest BCUT2D eigenvalue weighted by atomic mass is 19.3. The molecule has 3 aromatic rings. The summed E-state index contributed by atoms with van der Waals surface area (Å²) >= 11 is 0. The van der Waals surface area contributed by atoms with E-state index >= 15 is 13.2 Å². The summed E-state index contributed by atoms with van der Waals surface area (Å²) in [5.41, 5.74) is -1.95. The molecule has 5 atom stereocenters. The topological polar surface area (TPSA) is 36.9 Å². The van der Waals surface area contributed by atoms with Gasteiger partial charge in [-0.2, -0.15) is 52.7 Å². The molecule has 0 aromatic heterocycles. The molecule has 280 valence electrons. The van der Waals surface area contributed by atoms with Gasteiger partial charge in [0.05, 0.1) is 5.60 Å². The van der Waals surface area contributed by atoms with Crippen LogP contribution in [0.1, 0.15) is 57.2 Å². The molecule has 3 aromatic carbocycles. The van der Waals surface area contributed by atoms with Crippen LogP contribution in [-0.2, 0) is 14.9 Å². The van der Waals surface area contributed by atoms with E-state index in [9.17, 15) is 39.5 Å². The van der Waals surface area contributed by atoms with E-state index in [1.54, 1.807) is 37.3 Å². The SMILES string of the molecule is CCC(C)(CC)OC1(F)C(F)(F)C(F)(F)C1(F)Oc1ccc(C(C)(c2ccccc2)c2ccc(OC3(F)C(F)(F)C(F)(F)C3(F)OC)cc2)cc1. The zero-order chi connectivity index (χ0) is 38.3. The fraction of sp³-hybridized carbons (Fsp3) is 0.486. The highest BCUT2D eigenvalue weighted by Gasteiger charge is 3.03. The molecule has 5 rings (SSSR count). The number of alkyl halides is 12. The fourth-order valence-electron chi connectivity index (χ4n) is 6.18. The lowest BCUT2D eigenvalue weighted by Crippen LogP contribution is -2.89. The number of halogens is 12. The maximum absolute atomic E-state index is 15.8. The Kier molecular flexibility index (Phi) is 8.83. The third kappa shape index (κ3) is 4.69. The van der Waals surface area contributed by atoms with Gasteiger partial charge in [-0.3, -0.25) is 0 Å². The number of rotatable bonds is 12. The van der Waals surface area contributed by atoms with E-state index in [1.807, 2.05) is 0 Å². The fourth-order valence-corrected chi connectivity index (χ4v) is 6.18. The molecule has 0 heterocycles. The van der Waals surface area contributed by atoms with E-state index in [0.717, 1.165) is 31.2 Å². The Morgan fingerprint density at radius 2 is 0.804 bits per heavy atom. The number of hydrogen-bond acceptors (Lipinski definition) is 4. The van der Waals surface area contributed by atoms with Gasteiger partial charge in [0.2, 0.25) is 0 Å². The number of methoxy groups -OCH3 is 1. The van der Waals surface area contributed by atoms with Crippen molar-refractivity contribution in [3.8, 4) is 11.5 Å². The van der Waals surface area contributed by atoms with Crippen LogP contribution in [0, 0.1) is 0 Å². The maximum atomic E-state index is 15.8. The third-order valence-electron chi connectivity index (χ3n) is 10.1. The van der Waals surface area contributed by atoms with Gasteiger partial charge in [-0.15, -0.1) is 0 Å². The Hall–Kier alpha value is -3.66. The molecule has 51 heavy (non-hydrogen) atoms. The van der Waals surface area contributed by atoms with Gasteiger partial charge >= 0.3 is 47.1 Å². The summed E-state index contributed by atoms with van der Waals surface area (Å²) in [5.74, 6) is -43.6. The van der Waals surface area contributed by atoms with Crippen LogP contribution in [-0.4, -0.2) is 59.8 Å². The van der Waals surface area contributed by atoms with Gasteiger partial charge in [-0.1, -0.05) is 68.4 Å². The molecule has 0 saturated heterocycles. The molecule has 2 aliphatic carbocycles. The van der Waals surface area contributed by atoms with Crippen LogP contribution in [0.25, 0.3) is 0 Å². The lowest BCUT2D eigenvalue weighted by atomic mass is 9.71. The van der Waals surface area contributed by atoms with Crippen LogP contribution in [0.4, 0.5) is 52.7 Å². The summed E-state index contributed by atoms with van der Waals surface area (Å²) in [5, 5.41) is 0. The molecule has 0 spiro atoms. The van der Waals surface area contributed by atoms with Gasteiger partial charge in [-0.25, -0.2) is 0 Å². The predicted octanol–water partition coefficient (Wildman–Crippen LogP) is 10.3. The zero-order valence-electron chi connectivity index (χ0n) is 27.6. The Morgan fingerprint density at radius 3 is 1.18 bits per heavy atom. The molecule has 0 amide bonds. The van der Waals surface area contributed by atoms with Crippen molar-refractivity contribution in [1.29, 1.82) is 0 Å². The summed E-state index contributed by atoms with van der Waals surface area (Å²) in [7, 11) is 0.266. The third-order valence-corrected chi connectivity index (χ3v) is 10.1. The maximum Gasteiger partial charge on any atom is 0.390 e. The number of benzene rings is 3. The van der Waals surface area contributed by atoms with Gasteiger partial charge in [0, 0.05) is 12.5 Å². The molecule has 0 bridgehead atoms. The molecule has 2 fully saturated rings. The normalized spacial score (nSPS) is 31.5. The quantitative estimate of drug-likeness (QED) is 0.137. The molecule has 4 nitrogen and oxygen atoms in total. The van der Waals surface area contributed by atoms with E-state index in [1.165, 1.54) is 38.1 Å². The summed E-state index contributed by atoms with van der Waals surface area (Å²) in [6, 6.07) is 16.7. The second-order valence-corrected chi connectivity index (χ2v) is 12.9. The van der Waals surface area contributed by atoms with Gasteiger partial charge in [-0.05, 0) is 67.6 Å². The van der Waals surface area contributed by atoms with Gasteiger partial charge < -0.3 is 18.9 Å². The van der Waals surface area contributed by atoms with Crippen LogP contribution >= 0.6 is 0 Å². The first-order valence-corrected chi connectivity index (χ1v) is 15.5. The van der Waals surface area contributed by atoms with E-state index in [2.05, 4.69) is 14.2 Å². The summed E-state index contributed by atoms with van der Waals surface area (Å²) in [4.78, 5) is 0. The van der Waals surface area contributed by atoms with Crippen molar-refractivity contribution in [3.05, 3.63) is 95.6 Å². The van der Waals surface area contributed by atoms with Gasteiger partial charge in [0.1, 0.15) is 11.5 Å². The average molecular weight is 745 g/mol. The van der Waals surface area contributed by atoms with Crippen molar-refractivity contribution in [2.45, 2.75) is 98.7 Å². The van der Waals surface area contributed by atoms with Crippen molar-refractivity contribution in [3.63, 3.8) is 0 Å². The molecule has 0 radical (unpaired) electrons. The van der Waals surface area contributed by atoms with Crippen LogP contribution in [0.5, 0.6) is 11.5 Å². The second-order valence-electron chi connectivity index (χ2n) is 12.9. The molecular weight excluding hydrogens is 712 g/mol. The van der Waals surface area contributed by atoms with Crippen molar-refractivity contribution >= 4 is 0 Å². The monoisotopic (exact) mass is 744 g/mol. The lowest BCUT2D eigenvalue weighted by molar-refractivity contribution is -0.552. The van der Waals surface area contributed by atoms with Gasteiger partial charge in [0.25, 0.3) is 0 Å². The van der Waals surface area contributed by atoms with Crippen molar-refractivity contribution in [1.82, 2.24) is 0 Å². The number of hydrogen-bond donors (Lipinski definition) is 0. The number of ether oxygens (including phenoxy) is 4. The van der Waals surface area contributed by atoms with Crippen LogP contribution in [0.3, 0.4) is 0 Å². The highest BCUT2D eigenvalue weighted by molar-refractivity contribution is 5.51. The molecule has 5 unspecified atom stereocenters. The first kappa shape index (κ1) is 38.6. The largest absolute Gasteiger partial charge is 0.448 e. The minimum Gasteiger partial charge on any atom is -0.448 e. The Morgan fingerprint density at radius 1 is 0.471 bits per heavy atom. The average Bonchev–Trinajstić information content (AvgIpc) is 3.10. The standard InChI is InChI=1S/C35H32F12O4/c1-6-26(3,7-2)51-35(47)31(42,43)30(40,41)34(35,46)50-25-19-15-23(16-20-25)27(4,21-11-9-8-10-12-21)22-13-17-24(18-14-22)49-33(45)29(38,39)28(36,37)32(33,44)48-5/h8-20H,6-7H2,1-5H3. The van der Waals surface area contributed by atoms with Crippen molar-refractivity contribution in [2.75, 3.05) is 7.11 Å². The van der Waals surface area contributed by atoms with E-state index in [0.29, 0.717) is 5.56 Å². The molecule has 16 heteroatoms. The molecule has 2 aliphatic rings. The zero-order valence-corrected chi connectivity index (χ0v) is 27.6. The second kappa shape index (κ2) is 11.7. The minimum atomic E-state index is -5.65.